The second kappa shape index (κ2) is 6.05. The summed E-state index contributed by atoms with van der Waals surface area (Å²) in [5, 5.41) is 3.50. The summed E-state index contributed by atoms with van der Waals surface area (Å²) in [7, 11) is 0. The SMILES string of the molecule is CC(CCC1CCCNC1)c1ccccc1. The van der Waals surface area contributed by atoms with Crippen molar-refractivity contribution >= 4 is 0 Å². The Bertz CT molecular complexity index is 288. The molecule has 2 unspecified atom stereocenters. The van der Waals surface area contributed by atoms with Gasteiger partial charge in [-0.25, -0.2) is 0 Å². The predicted octanol–water partition coefficient (Wildman–Crippen LogP) is 3.57. The molecule has 0 amide bonds. The van der Waals surface area contributed by atoms with E-state index >= 15 is 0 Å². The molecule has 1 nitrogen and oxygen atoms in total. The highest BCUT2D eigenvalue weighted by Crippen LogP contribution is 2.25. The lowest BCUT2D eigenvalue weighted by Gasteiger charge is -2.24. The molecule has 0 radical (unpaired) electrons. The molecule has 1 aliphatic rings. The number of benzene rings is 1. The first-order valence-electron chi connectivity index (χ1n) is 6.62. The molecular formula is C15H23N. The highest BCUT2D eigenvalue weighted by Gasteiger charge is 2.14. The third kappa shape index (κ3) is 3.34. The van der Waals surface area contributed by atoms with E-state index in [0.717, 1.165) is 5.92 Å². The van der Waals surface area contributed by atoms with E-state index in [-0.39, 0.29) is 0 Å². The second-order valence-electron chi connectivity index (χ2n) is 5.10. The lowest BCUT2D eigenvalue weighted by molar-refractivity contribution is 0.343. The minimum absolute atomic E-state index is 0.711. The molecule has 0 aromatic heterocycles. The van der Waals surface area contributed by atoms with Crippen LogP contribution in [0.25, 0.3) is 0 Å². The van der Waals surface area contributed by atoms with Crippen LogP contribution in [0.4, 0.5) is 0 Å². The molecule has 1 saturated heterocycles. The normalized spacial score (nSPS) is 22.9. The number of hydrogen-bond donors (Lipinski definition) is 1. The lowest BCUT2D eigenvalue weighted by Crippen LogP contribution is -2.29. The first-order chi connectivity index (χ1) is 7.86. The average molecular weight is 217 g/mol. The van der Waals surface area contributed by atoms with Crippen LogP contribution in [-0.4, -0.2) is 13.1 Å². The maximum Gasteiger partial charge on any atom is -0.00205 e. The van der Waals surface area contributed by atoms with E-state index in [2.05, 4.69) is 42.6 Å². The monoisotopic (exact) mass is 217 g/mol. The van der Waals surface area contributed by atoms with Gasteiger partial charge in [-0.05, 0) is 56.2 Å². The lowest BCUT2D eigenvalue weighted by atomic mass is 9.88. The first-order valence-corrected chi connectivity index (χ1v) is 6.62. The van der Waals surface area contributed by atoms with Crippen LogP contribution in [-0.2, 0) is 0 Å². The van der Waals surface area contributed by atoms with Crippen molar-refractivity contribution in [1.29, 1.82) is 0 Å². The second-order valence-corrected chi connectivity index (χ2v) is 5.10. The van der Waals surface area contributed by atoms with Crippen LogP contribution in [0.2, 0.25) is 0 Å². The Morgan fingerprint density at radius 2 is 2.12 bits per heavy atom. The van der Waals surface area contributed by atoms with Gasteiger partial charge in [0.15, 0.2) is 0 Å². The summed E-state index contributed by atoms with van der Waals surface area (Å²) in [5.41, 5.74) is 1.49. The van der Waals surface area contributed by atoms with E-state index in [1.54, 1.807) is 0 Å². The standard InChI is InChI=1S/C15H23N/c1-13(15-7-3-2-4-8-15)9-10-14-6-5-11-16-12-14/h2-4,7-8,13-14,16H,5-6,9-12H2,1H3. The van der Waals surface area contributed by atoms with Gasteiger partial charge < -0.3 is 5.32 Å². The van der Waals surface area contributed by atoms with Crippen molar-refractivity contribution in [2.24, 2.45) is 5.92 Å². The van der Waals surface area contributed by atoms with E-state index < -0.39 is 0 Å². The van der Waals surface area contributed by atoms with Gasteiger partial charge in [0, 0.05) is 0 Å². The fraction of sp³-hybridized carbons (Fsp3) is 0.600. The van der Waals surface area contributed by atoms with Gasteiger partial charge in [0.2, 0.25) is 0 Å². The largest absolute Gasteiger partial charge is 0.316 e. The number of hydrogen-bond acceptors (Lipinski definition) is 1. The van der Waals surface area contributed by atoms with Crippen molar-refractivity contribution in [2.45, 2.75) is 38.5 Å². The van der Waals surface area contributed by atoms with Gasteiger partial charge in [0.25, 0.3) is 0 Å². The predicted molar refractivity (Wildman–Crippen MR) is 69.7 cm³/mol. The Morgan fingerprint density at radius 1 is 1.31 bits per heavy atom. The molecule has 1 heterocycles. The number of rotatable bonds is 4. The third-order valence-corrected chi connectivity index (χ3v) is 3.78. The molecule has 0 aliphatic carbocycles. The van der Waals surface area contributed by atoms with Crippen molar-refractivity contribution in [3.63, 3.8) is 0 Å². The van der Waals surface area contributed by atoms with Crippen molar-refractivity contribution in [3.8, 4) is 0 Å². The zero-order valence-electron chi connectivity index (χ0n) is 10.3. The van der Waals surface area contributed by atoms with Crippen LogP contribution in [0.1, 0.15) is 44.1 Å². The quantitative estimate of drug-likeness (QED) is 0.813. The van der Waals surface area contributed by atoms with E-state index in [4.69, 9.17) is 0 Å². The number of nitrogens with one attached hydrogen (secondary N) is 1. The van der Waals surface area contributed by atoms with Crippen LogP contribution in [0.3, 0.4) is 0 Å². The van der Waals surface area contributed by atoms with Crippen LogP contribution in [0.5, 0.6) is 0 Å². The summed E-state index contributed by atoms with van der Waals surface area (Å²) in [5.74, 6) is 1.63. The minimum Gasteiger partial charge on any atom is -0.316 e. The molecule has 0 spiro atoms. The summed E-state index contributed by atoms with van der Waals surface area (Å²) in [6, 6.07) is 10.9. The van der Waals surface area contributed by atoms with Gasteiger partial charge >= 0.3 is 0 Å². The van der Waals surface area contributed by atoms with Gasteiger partial charge in [-0.2, -0.15) is 0 Å². The molecule has 1 aromatic rings. The zero-order chi connectivity index (χ0) is 11.2. The van der Waals surface area contributed by atoms with E-state index in [1.807, 2.05) is 0 Å². The molecule has 1 heteroatoms. The Hall–Kier alpha value is -0.820. The summed E-state index contributed by atoms with van der Waals surface area (Å²) in [6.45, 7) is 4.82. The van der Waals surface area contributed by atoms with E-state index in [9.17, 15) is 0 Å². The van der Waals surface area contributed by atoms with Gasteiger partial charge in [-0.3, -0.25) is 0 Å². The van der Waals surface area contributed by atoms with Gasteiger partial charge in [0.1, 0.15) is 0 Å². The van der Waals surface area contributed by atoms with Gasteiger partial charge in [-0.15, -0.1) is 0 Å². The highest BCUT2D eigenvalue weighted by atomic mass is 14.9. The molecular weight excluding hydrogens is 194 g/mol. The maximum absolute atomic E-state index is 3.50. The van der Waals surface area contributed by atoms with Crippen molar-refractivity contribution in [3.05, 3.63) is 35.9 Å². The summed E-state index contributed by atoms with van der Waals surface area (Å²) in [4.78, 5) is 0. The summed E-state index contributed by atoms with van der Waals surface area (Å²) >= 11 is 0. The molecule has 1 aromatic carbocycles. The van der Waals surface area contributed by atoms with Crippen LogP contribution in [0, 0.1) is 5.92 Å². The third-order valence-electron chi connectivity index (χ3n) is 3.78. The first kappa shape index (κ1) is 11.7. The fourth-order valence-electron chi connectivity index (χ4n) is 2.60. The fourth-order valence-corrected chi connectivity index (χ4v) is 2.60. The molecule has 0 saturated carbocycles. The highest BCUT2D eigenvalue weighted by molar-refractivity contribution is 5.18. The Balaban J connectivity index is 1.77. The molecule has 2 rings (SSSR count). The van der Waals surface area contributed by atoms with Crippen molar-refractivity contribution in [1.82, 2.24) is 5.32 Å². The molecule has 2 atom stereocenters. The number of piperidine rings is 1. The van der Waals surface area contributed by atoms with Crippen LogP contribution in [0.15, 0.2) is 30.3 Å². The Kier molecular flexibility index (Phi) is 4.41. The minimum atomic E-state index is 0.711. The van der Waals surface area contributed by atoms with Crippen LogP contribution < -0.4 is 5.32 Å². The topological polar surface area (TPSA) is 12.0 Å². The average Bonchev–Trinajstić information content (AvgIpc) is 2.38. The van der Waals surface area contributed by atoms with E-state index in [1.165, 1.54) is 44.3 Å². The molecule has 16 heavy (non-hydrogen) atoms. The van der Waals surface area contributed by atoms with Crippen molar-refractivity contribution in [2.75, 3.05) is 13.1 Å². The molecule has 1 aliphatic heterocycles. The molecule has 1 fully saturated rings. The van der Waals surface area contributed by atoms with Crippen LogP contribution >= 0.6 is 0 Å². The Labute approximate surface area is 99.3 Å². The Morgan fingerprint density at radius 3 is 2.81 bits per heavy atom. The maximum atomic E-state index is 3.50. The van der Waals surface area contributed by atoms with Crippen molar-refractivity contribution < 1.29 is 0 Å². The zero-order valence-corrected chi connectivity index (χ0v) is 10.3. The smallest absolute Gasteiger partial charge is 0.00205 e. The summed E-state index contributed by atoms with van der Waals surface area (Å²) in [6.07, 6.45) is 5.50. The van der Waals surface area contributed by atoms with Gasteiger partial charge in [-0.1, -0.05) is 37.3 Å². The molecule has 88 valence electrons. The molecule has 0 bridgehead atoms. The van der Waals surface area contributed by atoms with Gasteiger partial charge in [0.05, 0.1) is 0 Å². The summed E-state index contributed by atoms with van der Waals surface area (Å²) < 4.78 is 0. The van der Waals surface area contributed by atoms with E-state index in [0.29, 0.717) is 5.92 Å². The molecule has 1 N–H and O–H groups in total.